The summed E-state index contributed by atoms with van der Waals surface area (Å²) in [7, 11) is 0. The van der Waals surface area contributed by atoms with E-state index in [-0.39, 0.29) is 0 Å². The van der Waals surface area contributed by atoms with Crippen LogP contribution in [0.3, 0.4) is 0 Å². The molecule has 1 amide bonds. The minimum absolute atomic E-state index is 0.387. The number of amides is 1. The minimum atomic E-state index is 0.387. The van der Waals surface area contributed by atoms with Crippen molar-refractivity contribution in [1.29, 1.82) is 0 Å². The summed E-state index contributed by atoms with van der Waals surface area (Å²) >= 11 is 0. The number of rotatable bonds is 0. The van der Waals surface area contributed by atoms with Gasteiger partial charge in [0.15, 0.2) is 0 Å². The molecule has 3 aliphatic rings. The van der Waals surface area contributed by atoms with E-state index in [9.17, 15) is 4.79 Å². The first-order chi connectivity index (χ1) is 3.80. The lowest BCUT2D eigenvalue weighted by molar-refractivity contribution is -0.145. The molecule has 0 aliphatic carbocycles. The van der Waals surface area contributed by atoms with E-state index in [1.165, 1.54) is 0 Å². The summed E-state index contributed by atoms with van der Waals surface area (Å²) in [5.41, 5.74) is 0. The van der Waals surface area contributed by atoms with Crippen LogP contribution in [0.4, 0.5) is 0 Å². The summed E-state index contributed by atoms with van der Waals surface area (Å²) in [6, 6.07) is 0.572. The fourth-order valence-corrected chi connectivity index (χ4v) is 1.71. The molecule has 0 radical (unpaired) electrons. The van der Waals surface area contributed by atoms with Gasteiger partial charge in [0.2, 0.25) is 5.91 Å². The van der Waals surface area contributed by atoms with Crippen molar-refractivity contribution in [3.63, 3.8) is 0 Å². The van der Waals surface area contributed by atoms with Crippen LogP contribution in [0, 0.1) is 5.92 Å². The molecule has 3 fully saturated rings. The Hall–Kier alpha value is -0.530. The molecule has 2 heteroatoms. The Bertz CT molecular complexity index is 129. The van der Waals surface area contributed by atoms with Crippen molar-refractivity contribution in [2.45, 2.75) is 19.4 Å². The van der Waals surface area contributed by atoms with Crippen molar-refractivity contribution in [1.82, 2.24) is 4.90 Å². The zero-order chi connectivity index (χ0) is 5.72. The van der Waals surface area contributed by atoms with E-state index in [0.717, 1.165) is 13.0 Å². The maximum Gasteiger partial charge on any atom is 0.228 e. The third kappa shape index (κ3) is 0.261. The lowest BCUT2D eigenvalue weighted by Gasteiger charge is -2.34. The van der Waals surface area contributed by atoms with Gasteiger partial charge in [-0.15, -0.1) is 0 Å². The number of hydrogen-bond donors (Lipinski definition) is 0. The highest BCUT2D eigenvalue weighted by molar-refractivity contribution is 5.87. The smallest absolute Gasteiger partial charge is 0.228 e. The highest BCUT2D eigenvalue weighted by Crippen LogP contribution is 2.36. The van der Waals surface area contributed by atoms with Gasteiger partial charge in [0, 0.05) is 12.6 Å². The number of carbonyl (C=O) groups is 1. The topological polar surface area (TPSA) is 20.3 Å². The van der Waals surface area contributed by atoms with E-state index < -0.39 is 0 Å². The van der Waals surface area contributed by atoms with Crippen LogP contribution in [0.25, 0.3) is 0 Å². The van der Waals surface area contributed by atoms with E-state index in [1.807, 2.05) is 4.90 Å². The molecule has 2 atom stereocenters. The summed E-state index contributed by atoms with van der Waals surface area (Å²) in [6.45, 7) is 3.14. The van der Waals surface area contributed by atoms with Crippen LogP contribution in [0.5, 0.6) is 0 Å². The fourth-order valence-electron chi connectivity index (χ4n) is 1.71. The molecule has 0 saturated carbocycles. The van der Waals surface area contributed by atoms with Crippen LogP contribution in [0.15, 0.2) is 0 Å². The lowest BCUT2D eigenvalue weighted by atomic mass is 9.95. The Balaban J connectivity index is 2.26. The third-order valence-corrected chi connectivity index (χ3v) is 2.36. The highest BCUT2D eigenvalue weighted by Gasteiger charge is 2.49. The van der Waals surface area contributed by atoms with Crippen LogP contribution in [0.1, 0.15) is 13.3 Å². The Morgan fingerprint density at radius 1 is 1.75 bits per heavy atom. The van der Waals surface area contributed by atoms with Crippen molar-refractivity contribution < 1.29 is 4.79 Å². The van der Waals surface area contributed by atoms with Crippen LogP contribution < -0.4 is 0 Å². The monoisotopic (exact) mass is 111 g/mol. The summed E-state index contributed by atoms with van der Waals surface area (Å²) in [6.07, 6.45) is 1.11. The molecular formula is C6H9NO. The molecule has 3 rings (SSSR count). The van der Waals surface area contributed by atoms with Crippen LogP contribution >= 0.6 is 0 Å². The van der Waals surface area contributed by atoms with Crippen LogP contribution in [-0.2, 0) is 4.79 Å². The zero-order valence-corrected chi connectivity index (χ0v) is 4.92. The second kappa shape index (κ2) is 1.07. The molecular weight excluding hydrogens is 102 g/mol. The molecule has 8 heavy (non-hydrogen) atoms. The first-order valence-corrected chi connectivity index (χ1v) is 3.11. The van der Waals surface area contributed by atoms with Crippen LogP contribution in [0.2, 0.25) is 0 Å². The van der Waals surface area contributed by atoms with Gasteiger partial charge >= 0.3 is 0 Å². The molecule has 3 heterocycles. The SMILES string of the molecule is CC1C2CCN1C2=O. The van der Waals surface area contributed by atoms with Crippen molar-refractivity contribution in [3.05, 3.63) is 0 Å². The van der Waals surface area contributed by atoms with Gasteiger partial charge in [-0.3, -0.25) is 4.79 Å². The molecule has 0 aromatic rings. The second-order valence-electron chi connectivity index (χ2n) is 2.67. The fraction of sp³-hybridized carbons (Fsp3) is 0.833. The average Bonchev–Trinajstić information content (AvgIpc) is 2.26. The molecule has 0 aromatic carbocycles. The van der Waals surface area contributed by atoms with Gasteiger partial charge in [0.1, 0.15) is 0 Å². The van der Waals surface area contributed by atoms with Gasteiger partial charge in [-0.05, 0) is 13.3 Å². The molecule has 3 saturated heterocycles. The van der Waals surface area contributed by atoms with Gasteiger partial charge in [-0.25, -0.2) is 0 Å². The summed E-state index contributed by atoms with van der Waals surface area (Å²) in [5.74, 6) is 0.799. The predicted octanol–water partition coefficient (Wildman–Crippen LogP) is 0.237. The molecule has 3 aliphatic heterocycles. The van der Waals surface area contributed by atoms with Crippen molar-refractivity contribution in [2.24, 2.45) is 5.92 Å². The highest BCUT2D eigenvalue weighted by atomic mass is 16.2. The number of nitrogens with zero attached hydrogens (tertiary/aromatic N) is 1. The third-order valence-electron chi connectivity index (χ3n) is 2.36. The lowest BCUT2D eigenvalue weighted by Crippen LogP contribution is -2.50. The van der Waals surface area contributed by atoms with Gasteiger partial charge in [0.25, 0.3) is 0 Å². The molecule has 2 unspecified atom stereocenters. The molecule has 0 aromatic heterocycles. The number of fused-ring (bicyclic) bond motifs is 1. The zero-order valence-electron chi connectivity index (χ0n) is 4.92. The standard InChI is InChI=1S/C6H9NO/c1-4-5-2-3-7(4)6(5)8/h4-5H,2-3H2,1H3. The van der Waals surface area contributed by atoms with Gasteiger partial charge in [-0.2, -0.15) is 0 Å². The normalized spacial score (nSPS) is 42.6. The quantitative estimate of drug-likeness (QED) is 0.410. The van der Waals surface area contributed by atoms with Crippen LogP contribution in [-0.4, -0.2) is 23.4 Å². The van der Waals surface area contributed by atoms with E-state index >= 15 is 0 Å². The van der Waals surface area contributed by atoms with E-state index in [4.69, 9.17) is 0 Å². The largest absolute Gasteiger partial charge is 0.339 e. The number of carbonyl (C=O) groups excluding carboxylic acids is 1. The molecule has 2 bridgehead atoms. The van der Waals surface area contributed by atoms with Gasteiger partial charge in [0.05, 0.1) is 5.92 Å². The summed E-state index contributed by atoms with van der Waals surface area (Å²) < 4.78 is 0. The summed E-state index contributed by atoms with van der Waals surface area (Å²) in [5, 5.41) is 0. The van der Waals surface area contributed by atoms with Crippen molar-refractivity contribution in [3.8, 4) is 0 Å². The number of hydrogen-bond acceptors (Lipinski definition) is 1. The Kier molecular flexibility index (Phi) is 0.581. The Morgan fingerprint density at radius 3 is 2.62 bits per heavy atom. The molecule has 0 spiro atoms. The first-order valence-electron chi connectivity index (χ1n) is 3.11. The molecule has 2 nitrogen and oxygen atoms in total. The van der Waals surface area contributed by atoms with Crippen molar-refractivity contribution >= 4 is 5.91 Å². The number of β-lactam (4-membered cyclic amide) rings is 1. The maximum atomic E-state index is 10.8. The van der Waals surface area contributed by atoms with Gasteiger partial charge < -0.3 is 4.90 Å². The maximum absolute atomic E-state index is 10.8. The predicted molar refractivity (Wildman–Crippen MR) is 29.3 cm³/mol. The minimum Gasteiger partial charge on any atom is -0.339 e. The first kappa shape index (κ1) is 4.36. The van der Waals surface area contributed by atoms with E-state index in [1.54, 1.807) is 0 Å². The van der Waals surface area contributed by atoms with Crippen molar-refractivity contribution in [2.75, 3.05) is 6.54 Å². The Morgan fingerprint density at radius 2 is 2.50 bits per heavy atom. The molecule has 0 N–H and O–H groups in total. The Labute approximate surface area is 48.5 Å². The van der Waals surface area contributed by atoms with E-state index in [2.05, 4.69) is 6.92 Å². The second-order valence-corrected chi connectivity index (χ2v) is 2.67. The van der Waals surface area contributed by atoms with Gasteiger partial charge in [-0.1, -0.05) is 0 Å². The summed E-state index contributed by atoms with van der Waals surface area (Å²) in [4.78, 5) is 12.7. The molecule has 44 valence electrons. The average molecular weight is 111 g/mol. The van der Waals surface area contributed by atoms with E-state index in [0.29, 0.717) is 17.9 Å².